The van der Waals surface area contributed by atoms with Crippen LogP contribution in [0.2, 0.25) is 0 Å². The monoisotopic (exact) mass is 147 g/mol. The third-order valence-corrected chi connectivity index (χ3v) is 2.04. The van der Waals surface area contributed by atoms with Crippen LogP contribution in [0.15, 0.2) is 24.3 Å². The van der Waals surface area contributed by atoms with Crippen molar-refractivity contribution in [1.29, 1.82) is 0 Å². The predicted molar refractivity (Wildman–Crippen MR) is 43.7 cm³/mol. The zero-order valence-corrected chi connectivity index (χ0v) is 6.08. The fourth-order valence-corrected chi connectivity index (χ4v) is 1.43. The average molecular weight is 147 g/mol. The topological polar surface area (TPSA) is 29.1 Å². The van der Waals surface area contributed by atoms with Crippen molar-refractivity contribution in [3.63, 3.8) is 0 Å². The van der Waals surface area contributed by atoms with Gasteiger partial charge in [-0.3, -0.25) is 0 Å². The van der Waals surface area contributed by atoms with Gasteiger partial charge in [-0.15, -0.1) is 0 Å². The quantitative estimate of drug-likeness (QED) is 0.608. The Morgan fingerprint density at radius 3 is 3.09 bits per heavy atom. The van der Waals surface area contributed by atoms with Crippen LogP contribution in [0.25, 0.3) is 0 Å². The molecule has 2 rings (SSSR count). The van der Waals surface area contributed by atoms with Crippen LogP contribution in [0.5, 0.6) is 0 Å². The molecule has 0 aromatic heterocycles. The number of nitrogens with one attached hydrogen (secondary N) is 1. The van der Waals surface area contributed by atoms with Crippen LogP contribution in [0.4, 0.5) is 5.69 Å². The number of carbonyl (C=O) groups is 1. The summed E-state index contributed by atoms with van der Waals surface area (Å²) in [5, 5.41) is 3.17. The molecular weight excluding hydrogens is 138 g/mol. The molecule has 2 nitrogen and oxygen atoms in total. The first-order chi connectivity index (χ1) is 5.42. The zero-order valence-electron chi connectivity index (χ0n) is 6.08. The van der Waals surface area contributed by atoms with Gasteiger partial charge < -0.3 is 10.1 Å². The number of fused-ring (bicyclic) bond motifs is 1. The van der Waals surface area contributed by atoms with Crippen LogP contribution < -0.4 is 5.32 Å². The van der Waals surface area contributed by atoms with Crippen LogP contribution in [-0.4, -0.2) is 12.8 Å². The summed E-state index contributed by atoms with van der Waals surface area (Å²) in [4.78, 5) is 10.5. The van der Waals surface area contributed by atoms with E-state index in [4.69, 9.17) is 0 Å². The molecule has 11 heavy (non-hydrogen) atoms. The lowest BCUT2D eigenvalue weighted by Crippen LogP contribution is -2.01. The first-order valence-electron chi connectivity index (χ1n) is 3.70. The highest BCUT2D eigenvalue weighted by molar-refractivity contribution is 5.73. The number of para-hydroxylation sites is 1. The normalized spacial score (nSPS) is 20.5. The smallest absolute Gasteiger partial charge is 0.129 e. The Hall–Kier alpha value is -1.31. The van der Waals surface area contributed by atoms with E-state index in [9.17, 15) is 4.79 Å². The van der Waals surface area contributed by atoms with Crippen LogP contribution in [0, 0.1) is 0 Å². The second kappa shape index (κ2) is 2.38. The number of rotatable bonds is 1. The van der Waals surface area contributed by atoms with E-state index in [1.54, 1.807) is 0 Å². The highest BCUT2D eigenvalue weighted by Crippen LogP contribution is 2.28. The fourth-order valence-electron chi connectivity index (χ4n) is 1.43. The molecule has 0 bridgehead atoms. The summed E-state index contributed by atoms with van der Waals surface area (Å²) in [6, 6.07) is 7.93. The molecule has 0 saturated heterocycles. The van der Waals surface area contributed by atoms with Gasteiger partial charge >= 0.3 is 0 Å². The standard InChI is InChI=1S/C9H9NO/c11-6-7-5-10-9-4-2-1-3-8(7)9/h1-4,6-7,10H,5H2. The largest absolute Gasteiger partial charge is 0.384 e. The molecule has 0 amide bonds. The van der Waals surface area contributed by atoms with E-state index < -0.39 is 0 Å². The van der Waals surface area contributed by atoms with Crippen molar-refractivity contribution >= 4 is 12.0 Å². The lowest BCUT2D eigenvalue weighted by atomic mass is 10.0. The van der Waals surface area contributed by atoms with E-state index in [-0.39, 0.29) is 5.92 Å². The number of anilines is 1. The predicted octanol–water partition coefficient (Wildman–Crippen LogP) is 1.39. The van der Waals surface area contributed by atoms with Crippen molar-refractivity contribution in [2.24, 2.45) is 0 Å². The second-order valence-electron chi connectivity index (χ2n) is 2.71. The Balaban J connectivity index is 2.46. The average Bonchev–Trinajstić information content (AvgIpc) is 2.47. The maximum atomic E-state index is 10.5. The Labute approximate surface area is 65.2 Å². The summed E-state index contributed by atoms with van der Waals surface area (Å²) in [5.74, 6) is 0.0613. The molecule has 1 atom stereocenters. The van der Waals surface area contributed by atoms with Gasteiger partial charge in [0.05, 0.1) is 5.92 Å². The van der Waals surface area contributed by atoms with E-state index in [1.807, 2.05) is 24.3 Å². The van der Waals surface area contributed by atoms with Crippen LogP contribution in [-0.2, 0) is 4.79 Å². The van der Waals surface area contributed by atoms with Crippen molar-refractivity contribution in [3.05, 3.63) is 29.8 Å². The van der Waals surface area contributed by atoms with Crippen molar-refractivity contribution in [3.8, 4) is 0 Å². The molecule has 1 aromatic carbocycles. The van der Waals surface area contributed by atoms with Gasteiger partial charge in [0.2, 0.25) is 0 Å². The van der Waals surface area contributed by atoms with Gasteiger partial charge in [-0.25, -0.2) is 0 Å². The minimum Gasteiger partial charge on any atom is -0.384 e. The summed E-state index contributed by atoms with van der Waals surface area (Å²) < 4.78 is 0. The van der Waals surface area contributed by atoms with Gasteiger partial charge in [0, 0.05) is 12.2 Å². The molecule has 2 heteroatoms. The molecule has 1 aromatic rings. The Morgan fingerprint density at radius 1 is 1.45 bits per heavy atom. The molecule has 1 heterocycles. The van der Waals surface area contributed by atoms with E-state index in [2.05, 4.69) is 5.32 Å². The highest BCUT2D eigenvalue weighted by atomic mass is 16.1. The summed E-state index contributed by atoms with van der Waals surface area (Å²) in [5.41, 5.74) is 2.23. The van der Waals surface area contributed by atoms with Gasteiger partial charge in [0.15, 0.2) is 0 Å². The van der Waals surface area contributed by atoms with E-state index in [0.29, 0.717) is 0 Å². The van der Waals surface area contributed by atoms with Crippen molar-refractivity contribution < 1.29 is 4.79 Å². The molecule has 0 spiro atoms. The fraction of sp³-hybridized carbons (Fsp3) is 0.222. The van der Waals surface area contributed by atoms with Gasteiger partial charge in [0.25, 0.3) is 0 Å². The van der Waals surface area contributed by atoms with Gasteiger partial charge in [-0.1, -0.05) is 18.2 Å². The maximum absolute atomic E-state index is 10.5. The van der Waals surface area contributed by atoms with Crippen molar-refractivity contribution in [2.75, 3.05) is 11.9 Å². The van der Waals surface area contributed by atoms with E-state index in [0.717, 1.165) is 24.1 Å². The molecule has 1 unspecified atom stereocenters. The van der Waals surface area contributed by atoms with Gasteiger partial charge in [-0.05, 0) is 11.6 Å². The molecule has 0 fully saturated rings. The molecule has 0 radical (unpaired) electrons. The highest BCUT2D eigenvalue weighted by Gasteiger charge is 2.19. The summed E-state index contributed by atoms with van der Waals surface area (Å²) in [6.45, 7) is 0.753. The number of hydrogen-bond acceptors (Lipinski definition) is 2. The molecule has 1 aliphatic rings. The number of benzene rings is 1. The molecule has 1 N–H and O–H groups in total. The first kappa shape index (κ1) is 6.40. The lowest BCUT2D eigenvalue weighted by Gasteiger charge is -1.98. The van der Waals surface area contributed by atoms with Crippen LogP contribution in [0.1, 0.15) is 11.5 Å². The van der Waals surface area contributed by atoms with E-state index >= 15 is 0 Å². The Morgan fingerprint density at radius 2 is 2.27 bits per heavy atom. The summed E-state index contributed by atoms with van der Waals surface area (Å²) in [6.07, 6.45) is 0.999. The molecular formula is C9H9NO. The van der Waals surface area contributed by atoms with Gasteiger partial charge in [-0.2, -0.15) is 0 Å². The Kier molecular flexibility index (Phi) is 1.39. The second-order valence-corrected chi connectivity index (χ2v) is 2.71. The third-order valence-electron chi connectivity index (χ3n) is 2.04. The van der Waals surface area contributed by atoms with Crippen LogP contribution >= 0.6 is 0 Å². The van der Waals surface area contributed by atoms with E-state index in [1.165, 1.54) is 0 Å². The number of hydrogen-bond donors (Lipinski definition) is 1. The molecule has 0 saturated carbocycles. The Bertz CT molecular complexity index is 283. The van der Waals surface area contributed by atoms with Crippen molar-refractivity contribution in [2.45, 2.75) is 5.92 Å². The minimum absolute atomic E-state index is 0.0613. The van der Waals surface area contributed by atoms with Crippen molar-refractivity contribution in [1.82, 2.24) is 0 Å². The first-order valence-corrected chi connectivity index (χ1v) is 3.70. The molecule has 1 aliphatic heterocycles. The lowest BCUT2D eigenvalue weighted by molar-refractivity contribution is -0.108. The van der Waals surface area contributed by atoms with Gasteiger partial charge in [0.1, 0.15) is 6.29 Å². The molecule has 0 aliphatic carbocycles. The summed E-state index contributed by atoms with van der Waals surface area (Å²) >= 11 is 0. The zero-order chi connectivity index (χ0) is 7.68. The maximum Gasteiger partial charge on any atom is 0.129 e. The number of aldehydes is 1. The minimum atomic E-state index is 0.0613. The third kappa shape index (κ3) is 0.909. The number of carbonyl (C=O) groups excluding carboxylic acids is 1. The van der Waals surface area contributed by atoms with Crippen LogP contribution in [0.3, 0.4) is 0 Å². The SMILES string of the molecule is O=CC1CNc2ccccc21. The summed E-state index contributed by atoms with van der Waals surface area (Å²) in [7, 11) is 0. The molecule has 56 valence electrons.